The second kappa shape index (κ2) is 10.1. The van der Waals surface area contributed by atoms with Crippen LogP contribution in [0.25, 0.3) is 11.3 Å². The number of carbonyl (C=O) groups is 1. The number of carbonyl (C=O) groups excluding carboxylic acids is 1. The van der Waals surface area contributed by atoms with Crippen LogP contribution in [0.2, 0.25) is 0 Å². The SMILES string of the molecule is CCCCN(CC)S(=O)(=O)c1ccc(C(=O)Nc2nc(-c3ccc(F)cc3)cs2)cc1. The van der Waals surface area contributed by atoms with E-state index in [9.17, 15) is 17.6 Å². The summed E-state index contributed by atoms with van der Waals surface area (Å²) in [6.45, 7) is 4.69. The van der Waals surface area contributed by atoms with Crippen molar-refractivity contribution < 1.29 is 17.6 Å². The zero-order valence-corrected chi connectivity index (χ0v) is 19.0. The predicted molar refractivity (Wildman–Crippen MR) is 121 cm³/mol. The van der Waals surface area contributed by atoms with E-state index in [0.717, 1.165) is 18.4 Å². The van der Waals surface area contributed by atoms with Gasteiger partial charge in [-0.15, -0.1) is 11.3 Å². The Bertz CT molecular complexity index is 1130. The van der Waals surface area contributed by atoms with Crippen LogP contribution >= 0.6 is 11.3 Å². The lowest BCUT2D eigenvalue weighted by atomic mass is 10.2. The van der Waals surface area contributed by atoms with Crippen LogP contribution in [0.4, 0.5) is 9.52 Å². The van der Waals surface area contributed by atoms with Gasteiger partial charge in [-0.3, -0.25) is 10.1 Å². The summed E-state index contributed by atoms with van der Waals surface area (Å²) >= 11 is 1.25. The van der Waals surface area contributed by atoms with Crippen LogP contribution in [0.3, 0.4) is 0 Å². The van der Waals surface area contributed by atoms with E-state index < -0.39 is 10.0 Å². The molecule has 0 atom stereocenters. The van der Waals surface area contributed by atoms with Crippen molar-refractivity contribution in [3.63, 3.8) is 0 Å². The average molecular weight is 462 g/mol. The predicted octanol–water partition coefficient (Wildman–Crippen LogP) is 5.01. The van der Waals surface area contributed by atoms with Crippen LogP contribution in [0.1, 0.15) is 37.0 Å². The molecule has 0 aliphatic heterocycles. The van der Waals surface area contributed by atoms with Crippen molar-refractivity contribution in [3.8, 4) is 11.3 Å². The first-order valence-electron chi connectivity index (χ1n) is 9.98. The van der Waals surface area contributed by atoms with Crippen LogP contribution in [-0.4, -0.2) is 36.7 Å². The number of benzene rings is 2. The molecular weight excluding hydrogens is 437 g/mol. The van der Waals surface area contributed by atoms with Crippen molar-refractivity contribution >= 4 is 32.4 Å². The first kappa shape index (κ1) is 23.1. The lowest BCUT2D eigenvalue weighted by molar-refractivity contribution is 0.102. The second-order valence-corrected chi connectivity index (χ2v) is 9.67. The molecule has 3 aromatic rings. The Hall–Kier alpha value is -2.62. The molecule has 1 amide bonds. The number of rotatable bonds is 9. The van der Waals surface area contributed by atoms with Gasteiger partial charge in [0.15, 0.2) is 5.13 Å². The highest BCUT2D eigenvalue weighted by Gasteiger charge is 2.22. The van der Waals surface area contributed by atoms with Gasteiger partial charge in [-0.05, 0) is 55.0 Å². The standard InChI is InChI=1S/C22H24FN3O3S2/c1-3-5-14-26(4-2)31(28,29)19-12-8-17(9-13-19)21(27)25-22-24-20(15-30-22)16-6-10-18(23)11-7-16/h6-13,15H,3-5,14H2,1-2H3,(H,24,25,27). The molecule has 164 valence electrons. The summed E-state index contributed by atoms with van der Waals surface area (Å²) in [5.41, 5.74) is 1.71. The third-order valence-corrected chi connectivity index (χ3v) is 7.48. The van der Waals surface area contributed by atoms with Gasteiger partial charge in [0.2, 0.25) is 10.0 Å². The van der Waals surface area contributed by atoms with Gasteiger partial charge in [0.05, 0.1) is 10.6 Å². The van der Waals surface area contributed by atoms with Crippen molar-refractivity contribution in [1.29, 1.82) is 0 Å². The number of hydrogen-bond acceptors (Lipinski definition) is 5. The van der Waals surface area contributed by atoms with Crippen molar-refractivity contribution in [3.05, 3.63) is 65.3 Å². The molecule has 0 saturated carbocycles. The summed E-state index contributed by atoms with van der Waals surface area (Å²) in [7, 11) is -3.59. The van der Waals surface area contributed by atoms with Crippen molar-refractivity contribution in [2.24, 2.45) is 0 Å². The van der Waals surface area contributed by atoms with E-state index in [-0.39, 0.29) is 16.6 Å². The minimum atomic E-state index is -3.59. The Morgan fingerprint density at radius 1 is 1.10 bits per heavy atom. The molecule has 0 spiro atoms. The number of unbranched alkanes of at least 4 members (excludes halogenated alkanes) is 1. The van der Waals surface area contributed by atoms with E-state index in [1.807, 2.05) is 13.8 Å². The van der Waals surface area contributed by atoms with Crippen molar-refractivity contribution in [1.82, 2.24) is 9.29 Å². The summed E-state index contributed by atoms with van der Waals surface area (Å²) in [6.07, 6.45) is 1.70. The highest BCUT2D eigenvalue weighted by molar-refractivity contribution is 7.89. The zero-order chi connectivity index (χ0) is 22.4. The number of sulfonamides is 1. The topological polar surface area (TPSA) is 79.4 Å². The fourth-order valence-electron chi connectivity index (χ4n) is 2.96. The van der Waals surface area contributed by atoms with E-state index in [2.05, 4.69) is 10.3 Å². The highest BCUT2D eigenvalue weighted by Crippen LogP contribution is 2.25. The van der Waals surface area contributed by atoms with Gasteiger partial charge in [-0.1, -0.05) is 20.3 Å². The van der Waals surface area contributed by atoms with E-state index >= 15 is 0 Å². The van der Waals surface area contributed by atoms with Gasteiger partial charge in [0, 0.05) is 29.6 Å². The third-order valence-electron chi connectivity index (χ3n) is 4.73. The molecule has 1 aromatic heterocycles. The first-order chi connectivity index (χ1) is 14.8. The molecule has 0 aliphatic rings. The molecule has 2 aromatic carbocycles. The molecule has 0 fully saturated rings. The normalized spacial score (nSPS) is 11.6. The molecule has 9 heteroatoms. The lowest BCUT2D eigenvalue weighted by Gasteiger charge is -2.20. The fraction of sp³-hybridized carbons (Fsp3) is 0.273. The Labute approximate surface area is 185 Å². The van der Waals surface area contributed by atoms with Crippen LogP contribution in [0.5, 0.6) is 0 Å². The number of thiazole rings is 1. The minimum Gasteiger partial charge on any atom is -0.298 e. The molecule has 1 heterocycles. The number of hydrogen-bond donors (Lipinski definition) is 1. The largest absolute Gasteiger partial charge is 0.298 e. The van der Waals surface area contributed by atoms with E-state index in [4.69, 9.17) is 0 Å². The molecule has 31 heavy (non-hydrogen) atoms. The Kier molecular flexibility index (Phi) is 7.53. The Morgan fingerprint density at radius 2 is 1.77 bits per heavy atom. The second-order valence-electron chi connectivity index (χ2n) is 6.87. The number of anilines is 1. The van der Waals surface area contributed by atoms with Gasteiger partial charge >= 0.3 is 0 Å². The maximum absolute atomic E-state index is 13.1. The van der Waals surface area contributed by atoms with E-state index in [1.165, 1.54) is 52.0 Å². The Morgan fingerprint density at radius 3 is 2.39 bits per heavy atom. The maximum Gasteiger partial charge on any atom is 0.257 e. The summed E-state index contributed by atoms with van der Waals surface area (Å²) in [5, 5.41) is 4.89. The maximum atomic E-state index is 13.1. The first-order valence-corrected chi connectivity index (χ1v) is 12.3. The molecule has 0 saturated heterocycles. The molecule has 0 aliphatic carbocycles. The monoisotopic (exact) mass is 461 g/mol. The summed E-state index contributed by atoms with van der Waals surface area (Å²) < 4.78 is 40.1. The average Bonchev–Trinajstić information content (AvgIpc) is 3.23. The minimum absolute atomic E-state index is 0.162. The fourth-order valence-corrected chi connectivity index (χ4v) is 5.17. The third kappa shape index (κ3) is 5.55. The van der Waals surface area contributed by atoms with Crippen LogP contribution < -0.4 is 5.32 Å². The molecular formula is C22H24FN3O3S2. The summed E-state index contributed by atoms with van der Waals surface area (Å²) in [5.74, 6) is -0.715. The van der Waals surface area contributed by atoms with Gasteiger partial charge in [0.25, 0.3) is 5.91 Å². The molecule has 0 bridgehead atoms. The highest BCUT2D eigenvalue weighted by atomic mass is 32.2. The molecule has 6 nitrogen and oxygen atoms in total. The summed E-state index contributed by atoms with van der Waals surface area (Å²) in [6, 6.07) is 11.8. The van der Waals surface area contributed by atoms with Crippen molar-refractivity contribution in [2.75, 3.05) is 18.4 Å². The quantitative estimate of drug-likeness (QED) is 0.486. The van der Waals surface area contributed by atoms with Crippen LogP contribution in [0, 0.1) is 5.82 Å². The number of nitrogens with zero attached hydrogens (tertiary/aromatic N) is 2. The number of nitrogens with one attached hydrogen (secondary N) is 1. The number of halogens is 1. The van der Waals surface area contributed by atoms with Crippen molar-refractivity contribution in [2.45, 2.75) is 31.6 Å². The van der Waals surface area contributed by atoms with Gasteiger partial charge in [-0.2, -0.15) is 4.31 Å². The molecule has 0 unspecified atom stereocenters. The molecule has 3 rings (SSSR count). The lowest BCUT2D eigenvalue weighted by Crippen LogP contribution is -2.31. The smallest absolute Gasteiger partial charge is 0.257 e. The van der Waals surface area contributed by atoms with Crippen LogP contribution in [-0.2, 0) is 10.0 Å². The van der Waals surface area contributed by atoms with Gasteiger partial charge in [0.1, 0.15) is 5.82 Å². The number of aromatic nitrogens is 1. The Balaban J connectivity index is 1.70. The van der Waals surface area contributed by atoms with Crippen LogP contribution in [0.15, 0.2) is 58.8 Å². The van der Waals surface area contributed by atoms with E-state index in [0.29, 0.717) is 29.5 Å². The summed E-state index contributed by atoms with van der Waals surface area (Å²) in [4.78, 5) is 17.1. The molecule has 1 N–H and O–H groups in total. The number of amides is 1. The van der Waals surface area contributed by atoms with Gasteiger partial charge in [-0.25, -0.2) is 17.8 Å². The van der Waals surface area contributed by atoms with E-state index in [1.54, 1.807) is 17.5 Å². The zero-order valence-electron chi connectivity index (χ0n) is 17.3. The molecule has 0 radical (unpaired) electrons. The van der Waals surface area contributed by atoms with Gasteiger partial charge < -0.3 is 0 Å².